The maximum atomic E-state index is 2.20. The molecule has 0 aliphatic carbocycles. The third kappa shape index (κ3) is 6.00. The number of hydrogen-bond donors (Lipinski definition) is 0. The SMILES string of the molecule is CCSC(SCSC)=C(C)C. The van der Waals surface area contributed by atoms with Gasteiger partial charge in [-0.05, 0) is 25.9 Å². The van der Waals surface area contributed by atoms with Crippen molar-refractivity contribution in [1.29, 1.82) is 0 Å². The van der Waals surface area contributed by atoms with Crippen molar-refractivity contribution in [1.82, 2.24) is 0 Å². The number of hydrogen-bond acceptors (Lipinski definition) is 3. The Morgan fingerprint density at radius 1 is 1.18 bits per heavy atom. The highest BCUT2D eigenvalue weighted by atomic mass is 32.2. The minimum Gasteiger partial charge on any atom is -0.154 e. The molecular weight excluding hydrogens is 192 g/mol. The fourth-order valence-corrected chi connectivity index (χ4v) is 3.43. The summed E-state index contributed by atoms with van der Waals surface area (Å²) in [5.74, 6) is 1.18. The third-order valence-electron chi connectivity index (χ3n) is 0.992. The lowest BCUT2D eigenvalue weighted by Gasteiger charge is -2.05. The molecule has 0 bridgehead atoms. The molecule has 0 amide bonds. The molecule has 66 valence electrons. The van der Waals surface area contributed by atoms with Crippen LogP contribution in [0.15, 0.2) is 9.81 Å². The second-order valence-electron chi connectivity index (χ2n) is 2.27. The van der Waals surface area contributed by atoms with Gasteiger partial charge in [0.15, 0.2) is 0 Å². The number of rotatable bonds is 5. The highest BCUT2D eigenvalue weighted by Crippen LogP contribution is 2.32. The van der Waals surface area contributed by atoms with Crippen LogP contribution in [0, 0.1) is 0 Å². The normalized spacial score (nSPS) is 9.82. The molecule has 0 saturated carbocycles. The lowest BCUT2D eigenvalue weighted by atomic mass is 10.4. The maximum absolute atomic E-state index is 2.20. The van der Waals surface area contributed by atoms with Gasteiger partial charge in [0.25, 0.3) is 0 Å². The van der Waals surface area contributed by atoms with Gasteiger partial charge < -0.3 is 0 Å². The van der Waals surface area contributed by atoms with Crippen LogP contribution in [0.1, 0.15) is 20.8 Å². The van der Waals surface area contributed by atoms with Gasteiger partial charge in [-0.25, -0.2) is 0 Å². The van der Waals surface area contributed by atoms with E-state index in [-0.39, 0.29) is 0 Å². The van der Waals surface area contributed by atoms with Crippen molar-refractivity contribution in [3.8, 4) is 0 Å². The second kappa shape index (κ2) is 7.44. The molecule has 0 N–H and O–H groups in total. The quantitative estimate of drug-likeness (QED) is 0.626. The zero-order chi connectivity index (χ0) is 8.69. The molecule has 11 heavy (non-hydrogen) atoms. The van der Waals surface area contributed by atoms with E-state index in [0.717, 1.165) is 0 Å². The van der Waals surface area contributed by atoms with Gasteiger partial charge in [0, 0.05) is 9.32 Å². The standard InChI is InChI=1S/C8H16S3/c1-5-10-8(7(2)3)11-6-9-4/h5-6H2,1-4H3. The van der Waals surface area contributed by atoms with Crippen LogP contribution >= 0.6 is 35.3 Å². The molecule has 0 aliphatic heterocycles. The molecule has 0 spiro atoms. The van der Waals surface area contributed by atoms with E-state index >= 15 is 0 Å². The molecule has 0 rings (SSSR count). The predicted molar refractivity (Wildman–Crippen MR) is 62.5 cm³/mol. The van der Waals surface area contributed by atoms with Crippen molar-refractivity contribution < 1.29 is 0 Å². The highest BCUT2D eigenvalue weighted by molar-refractivity contribution is 8.27. The fraction of sp³-hybridized carbons (Fsp3) is 0.750. The minimum absolute atomic E-state index is 1.17. The predicted octanol–water partition coefficient (Wildman–Crippen LogP) is 4.04. The largest absolute Gasteiger partial charge is 0.154 e. The monoisotopic (exact) mass is 208 g/mol. The van der Waals surface area contributed by atoms with Crippen molar-refractivity contribution in [2.45, 2.75) is 20.8 Å². The first-order chi connectivity index (χ1) is 5.22. The Kier molecular flexibility index (Phi) is 7.97. The Balaban J connectivity index is 3.81. The van der Waals surface area contributed by atoms with E-state index in [1.807, 2.05) is 35.3 Å². The first kappa shape index (κ1) is 11.8. The molecule has 0 aliphatic rings. The molecule has 0 atom stereocenters. The Bertz CT molecular complexity index is 125. The van der Waals surface area contributed by atoms with Crippen LogP contribution in [0.25, 0.3) is 0 Å². The lowest BCUT2D eigenvalue weighted by molar-refractivity contribution is 1.40. The summed E-state index contributed by atoms with van der Waals surface area (Å²) in [6.07, 6.45) is 2.15. The summed E-state index contributed by atoms with van der Waals surface area (Å²) < 4.78 is 1.50. The Labute approximate surface area is 83.0 Å². The molecule has 0 radical (unpaired) electrons. The van der Waals surface area contributed by atoms with Gasteiger partial charge in [0.1, 0.15) is 0 Å². The topological polar surface area (TPSA) is 0 Å². The summed E-state index contributed by atoms with van der Waals surface area (Å²) in [6, 6.07) is 0. The van der Waals surface area contributed by atoms with E-state index in [2.05, 4.69) is 27.0 Å². The van der Waals surface area contributed by atoms with E-state index in [1.165, 1.54) is 20.6 Å². The Hall–Kier alpha value is 0.790. The third-order valence-corrected chi connectivity index (χ3v) is 4.74. The molecule has 0 nitrogen and oxygen atoms in total. The molecule has 0 aromatic rings. The van der Waals surface area contributed by atoms with Gasteiger partial charge in [-0.3, -0.25) is 0 Å². The zero-order valence-electron chi connectivity index (χ0n) is 7.64. The summed E-state index contributed by atoms with van der Waals surface area (Å²) in [5, 5.41) is 1.17. The van der Waals surface area contributed by atoms with Crippen molar-refractivity contribution in [3.05, 3.63) is 9.81 Å². The summed E-state index contributed by atoms with van der Waals surface area (Å²) >= 11 is 5.80. The van der Waals surface area contributed by atoms with Gasteiger partial charge in [-0.2, -0.15) is 11.8 Å². The van der Waals surface area contributed by atoms with Crippen molar-refractivity contribution in [3.63, 3.8) is 0 Å². The van der Waals surface area contributed by atoms with Crippen LogP contribution < -0.4 is 0 Å². The molecule has 0 heterocycles. The molecule has 0 unspecified atom stereocenters. The van der Waals surface area contributed by atoms with E-state index < -0.39 is 0 Å². The summed E-state index contributed by atoms with van der Waals surface area (Å²) in [5.41, 5.74) is 1.45. The van der Waals surface area contributed by atoms with Crippen LogP contribution in [0.4, 0.5) is 0 Å². The van der Waals surface area contributed by atoms with E-state index in [1.54, 1.807) is 0 Å². The first-order valence-corrected chi connectivity index (χ1v) is 7.00. The van der Waals surface area contributed by atoms with Crippen molar-refractivity contribution >= 4 is 35.3 Å². The molecular formula is C8H16S3. The number of allylic oxidation sites excluding steroid dienone is 1. The van der Waals surface area contributed by atoms with Gasteiger partial charge >= 0.3 is 0 Å². The Morgan fingerprint density at radius 2 is 1.82 bits per heavy atom. The molecule has 0 aromatic heterocycles. The Morgan fingerprint density at radius 3 is 2.18 bits per heavy atom. The first-order valence-electron chi connectivity index (χ1n) is 3.64. The van der Waals surface area contributed by atoms with Crippen LogP contribution in [0.2, 0.25) is 0 Å². The number of thioether (sulfide) groups is 3. The van der Waals surface area contributed by atoms with Gasteiger partial charge in [0.2, 0.25) is 0 Å². The summed E-state index contributed by atoms with van der Waals surface area (Å²) in [4.78, 5) is 0. The molecule has 0 saturated heterocycles. The molecule has 0 fully saturated rings. The maximum Gasteiger partial charge on any atom is 0.0441 e. The fourth-order valence-electron chi connectivity index (χ4n) is 0.574. The molecule has 3 heteroatoms. The van der Waals surface area contributed by atoms with Crippen molar-refractivity contribution in [2.75, 3.05) is 17.1 Å². The highest BCUT2D eigenvalue weighted by Gasteiger charge is 1.98. The summed E-state index contributed by atoms with van der Waals surface area (Å²) in [6.45, 7) is 6.57. The van der Waals surface area contributed by atoms with E-state index in [4.69, 9.17) is 0 Å². The lowest BCUT2D eigenvalue weighted by Crippen LogP contribution is -1.78. The van der Waals surface area contributed by atoms with Gasteiger partial charge in [-0.15, -0.1) is 23.5 Å². The average Bonchev–Trinajstić information content (AvgIpc) is 1.97. The minimum atomic E-state index is 1.17. The van der Waals surface area contributed by atoms with Crippen LogP contribution in [-0.2, 0) is 0 Å². The van der Waals surface area contributed by atoms with Crippen LogP contribution in [0.3, 0.4) is 0 Å². The van der Waals surface area contributed by atoms with Gasteiger partial charge in [-0.1, -0.05) is 12.5 Å². The van der Waals surface area contributed by atoms with Crippen LogP contribution in [0.5, 0.6) is 0 Å². The second-order valence-corrected chi connectivity index (χ2v) is 6.02. The van der Waals surface area contributed by atoms with Crippen molar-refractivity contribution in [2.24, 2.45) is 0 Å². The average molecular weight is 208 g/mol. The van der Waals surface area contributed by atoms with Crippen LogP contribution in [-0.4, -0.2) is 17.1 Å². The van der Waals surface area contributed by atoms with Gasteiger partial charge in [0.05, 0.1) is 0 Å². The zero-order valence-corrected chi connectivity index (χ0v) is 10.1. The van der Waals surface area contributed by atoms with E-state index in [9.17, 15) is 0 Å². The van der Waals surface area contributed by atoms with E-state index in [0.29, 0.717) is 0 Å². The smallest absolute Gasteiger partial charge is 0.0441 e. The summed E-state index contributed by atoms with van der Waals surface area (Å²) in [7, 11) is 0. The molecule has 0 aromatic carbocycles.